The normalized spacial score (nSPS) is 16.9. The zero-order valence-corrected chi connectivity index (χ0v) is 14.8. The van der Waals surface area contributed by atoms with Crippen molar-refractivity contribution in [3.63, 3.8) is 0 Å². The molecular formula is C17H14ClF3N4O2. The first-order valence-corrected chi connectivity index (χ1v) is 8.27. The number of aryl methyl sites for hydroxylation is 1. The highest BCUT2D eigenvalue weighted by molar-refractivity contribution is 6.30. The number of amides is 2. The van der Waals surface area contributed by atoms with E-state index in [4.69, 9.17) is 11.6 Å². The Morgan fingerprint density at radius 1 is 1.33 bits per heavy atom. The number of rotatable bonds is 3. The molecule has 0 saturated heterocycles. The maximum Gasteiger partial charge on any atom is 0.397 e. The number of halogens is 4. The molecule has 1 aliphatic rings. The van der Waals surface area contributed by atoms with Crippen LogP contribution in [0.4, 0.5) is 19.1 Å². The van der Waals surface area contributed by atoms with Gasteiger partial charge in [0.15, 0.2) is 0 Å². The average Bonchev–Trinajstić information content (AvgIpc) is 2.58. The van der Waals surface area contributed by atoms with Crippen molar-refractivity contribution in [2.45, 2.75) is 19.0 Å². The van der Waals surface area contributed by atoms with E-state index < -0.39 is 37.0 Å². The first-order chi connectivity index (χ1) is 12.6. The number of anilines is 1. The lowest BCUT2D eigenvalue weighted by Crippen LogP contribution is -2.47. The zero-order valence-electron chi connectivity index (χ0n) is 14.0. The Labute approximate surface area is 157 Å². The maximum absolute atomic E-state index is 13.5. The largest absolute Gasteiger partial charge is 0.397 e. The van der Waals surface area contributed by atoms with Gasteiger partial charge in [0.2, 0.25) is 11.9 Å². The van der Waals surface area contributed by atoms with E-state index in [2.05, 4.69) is 15.3 Å². The lowest BCUT2D eigenvalue weighted by molar-refractivity contribution is -0.155. The summed E-state index contributed by atoms with van der Waals surface area (Å²) in [4.78, 5) is 33.1. The van der Waals surface area contributed by atoms with Crippen LogP contribution in [0.5, 0.6) is 0 Å². The number of nitrogens with one attached hydrogen (secondary N) is 1. The summed E-state index contributed by atoms with van der Waals surface area (Å²) in [5.74, 6) is -3.25. The van der Waals surface area contributed by atoms with Gasteiger partial charge in [0.25, 0.3) is 5.91 Å². The van der Waals surface area contributed by atoms with Crippen molar-refractivity contribution in [2.75, 3.05) is 18.4 Å². The summed E-state index contributed by atoms with van der Waals surface area (Å²) < 4.78 is 40.5. The number of carbonyl (C=O) groups excluding carboxylic acids is 2. The van der Waals surface area contributed by atoms with E-state index in [-0.39, 0.29) is 22.1 Å². The van der Waals surface area contributed by atoms with Crippen LogP contribution < -0.4 is 5.32 Å². The fourth-order valence-corrected chi connectivity index (χ4v) is 2.97. The van der Waals surface area contributed by atoms with Crippen LogP contribution in [0.1, 0.15) is 27.4 Å². The molecule has 2 aromatic rings. The SMILES string of the molecule is Cc1ccc2c(c1)C(C(F)(F)F)CN(CC(=O)Nc1ncc(Cl)cn1)C2=O. The Hall–Kier alpha value is -2.68. The minimum absolute atomic E-state index is 0.0512. The molecule has 1 aliphatic heterocycles. The van der Waals surface area contributed by atoms with Crippen molar-refractivity contribution in [1.29, 1.82) is 0 Å². The second-order valence-corrected chi connectivity index (χ2v) is 6.58. The van der Waals surface area contributed by atoms with E-state index in [0.29, 0.717) is 5.56 Å². The van der Waals surface area contributed by atoms with Gasteiger partial charge in [0, 0.05) is 12.1 Å². The van der Waals surface area contributed by atoms with Gasteiger partial charge in [-0.25, -0.2) is 9.97 Å². The molecule has 1 N–H and O–H groups in total. The molecule has 3 rings (SSSR count). The van der Waals surface area contributed by atoms with E-state index in [1.807, 2.05) is 0 Å². The van der Waals surface area contributed by atoms with Crippen molar-refractivity contribution in [3.8, 4) is 0 Å². The van der Waals surface area contributed by atoms with Gasteiger partial charge in [-0.1, -0.05) is 29.3 Å². The quantitative estimate of drug-likeness (QED) is 0.861. The summed E-state index contributed by atoms with van der Waals surface area (Å²) in [5.41, 5.74) is 0.511. The standard InChI is InChI=1S/C17H14ClF3N4O2/c1-9-2-3-11-12(4-9)13(17(19,20)21)7-25(15(11)27)8-14(26)24-16-22-5-10(18)6-23-16/h2-6,13H,7-8H2,1H3,(H,22,23,24,26). The van der Waals surface area contributed by atoms with Crippen LogP contribution in [-0.2, 0) is 4.79 Å². The predicted molar refractivity (Wildman–Crippen MR) is 91.6 cm³/mol. The summed E-state index contributed by atoms with van der Waals surface area (Å²) in [7, 11) is 0. The van der Waals surface area contributed by atoms with Crippen LogP contribution in [0.15, 0.2) is 30.6 Å². The first-order valence-electron chi connectivity index (χ1n) is 7.89. The molecule has 0 bridgehead atoms. The summed E-state index contributed by atoms with van der Waals surface area (Å²) in [5, 5.41) is 2.59. The topological polar surface area (TPSA) is 75.2 Å². The average molecular weight is 399 g/mol. The van der Waals surface area contributed by atoms with Gasteiger partial charge in [0.05, 0.1) is 23.3 Å². The van der Waals surface area contributed by atoms with Crippen LogP contribution >= 0.6 is 11.6 Å². The van der Waals surface area contributed by atoms with Gasteiger partial charge >= 0.3 is 6.18 Å². The van der Waals surface area contributed by atoms with Gasteiger partial charge in [0.1, 0.15) is 6.54 Å². The molecule has 6 nitrogen and oxygen atoms in total. The summed E-state index contributed by atoms with van der Waals surface area (Å²) in [6.45, 7) is 0.475. The molecule has 0 aliphatic carbocycles. The number of aromatic nitrogens is 2. The number of fused-ring (bicyclic) bond motifs is 1. The third-order valence-electron chi connectivity index (χ3n) is 4.10. The maximum atomic E-state index is 13.5. The molecule has 1 aromatic carbocycles. The van der Waals surface area contributed by atoms with Crippen LogP contribution in [0.25, 0.3) is 0 Å². The Balaban J connectivity index is 1.81. The lowest BCUT2D eigenvalue weighted by Gasteiger charge is -2.35. The Bertz CT molecular complexity index is 887. The smallest absolute Gasteiger partial charge is 0.328 e. The number of carbonyl (C=O) groups is 2. The first kappa shape index (κ1) is 19.1. The van der Waals surface area contributed by atoms with E-state index in [9.17, 15) is 22.8 Å². The summed E-state index contributed by atoms with van der Waals surface area (Å²) >= 11 is 5.64. The second kappa shape index (κ2) is 7.15. The molecule has 142 valence electrons. The molecule has 10 heteroatoms. The van der Waals surface area contributed by atoms with E-state index >= 15 is 0 Å². The molecule has 0 radical (unpaired) electrons. The van der Waals surface area contributed by atoms with Crippen LogP contribution in [0, 0.1) is 6.92 Å². The zero-order chi connectivity index (χ0) is 19.8. The molecule has 27 heavy (non-hydrogen) atoms. The van der Waals surface area contributed by atoms with E-state index in [0.717, 1.165) is 4.90 Å². The van der Waals surface area contributed by atoms with E-state index in [1.165, 1.54) is 24.5 Å². The fourth-order valence-electron chi connectivity index (χ4n) is 2.87. The third kappa shape index (κ3) is 4.19. The minimum atomic E-state index is -4.54. The minimum Gasteiger partial charge on any atom is -0.328 e. The van der Waals surface area contributed by atoms with Crippen LogP contribution in [0.2, 0.25) is 5.02 Å². The van der Waals surface area contributed by atoms with Crippen molar-refractivity contribution in [1.82, 2.24) is 14.9 Å². The molecule has 0 spiro atoms. The fraction of sp³-hybridized carbons (Fsp3) is 0.294. The Morgan fingerprint density at radius 3 is 2.63 bits per heavy atom. The van der Waals surface area contributed by atoms with Crippen molar-refractivity contribution in [3.05, 3.63) is 52.3 Å². The Morgan fingerprint density at radius 2 is 2.00 bits per heavy atom. The van der Waals surface area contributed by atoms with Gasteiger partial charge in [-0.3, -0.25) is 14.9 Å². The van der Waals surface area contributed by atoms with Gasteiger partial charge in [-0.2, -0.15) is 13.2 Å². The summed E-state index contributed by atoms with van der Waals surface area (Å²) in [6.07, 6.45) is -2.03. The molecule has 0 saturated carbocycles. The van der Waals surface area contributed by atoms with Crippen molar-refractivity contribution in [2.24, 2.45) is 0 Å². The van der Waals surface area contributed by atoms with Gasteiger partial charge in [-0.15, -0.1) is 0 Å². The number of alkyl halides is 3. The molecule has 1 atom stereocenters. The number of nitrogens with zero attached hydrogens (tertiary/aromatic N) is 3. The van der Waals surface area contributed by atoms with E-state index in [1.54, 1.807) is 13.0 Å². The highest BCUT2D eigenvalue weighted by atomic mass is 35.5. The highest BCUT2D eigenvalue weighted by Crippen LogP contribution is 2.40. The number of benzene rings is 1. The van der Waals surface area contributed by atoms with Crippen molar-refractivity contribution < 1.29 is 22.8 Å². The molecule has 2 amide bonds. The number of hydrogen-bond donors (Lipinski definition) is 1. The predicted octanol–water partition coefficient (Wildman–Crippen LogP) is 3.18. The third-order valence-corrected chi connectivity index (χ3v) is 4.30. The van der Waals surface area contributed by atoms with Crippen molar-refractivity contribution >= 4 is 29.4 Å². The van der Waals surface area contributed by atoms with Crippen LogP contribution in [-0.4, -0.2) is 45.9 Å². The molecular weight excluding hydrogens is 385 g/mol. The molecule has 1 aromatic heterocycles. The highest BCUT2D eigenvalue weighted by Gasteiger charge is 2.47. The summed E-state index contributed by atoms with van der Waals surface area (Å²) in [6, 6.07) is 4.29. The van der Waals surface area contributed by atoms with Crippen LogP contribution in [0.3, 0.4) is 0 Å². The molecule has 1 unspecified atom stereocenters. The molecule has 2 heterocycles. The van der Waals surface area contributed by atoms with Gasteiger partial charge in [-0.05, 0) is 18.6 Å². The second-order valence-electron chi connectivity index (χ2n) is 6.14. The monoisotopic (exact) mass is 398 g/mol. The van der Waals surface area contributed by atoms with Gasteiger partial charge < -0.3 is 4.90 Å². The molecule has 0 fully saturated rings. The Kier molecular flexibility index (Phi) is 5.05. The lowest BCUT2D eigenvalue weighted by atomic mass is 9.87. The number of hydrogen-bond acceptors (Lipinski definition) is 4.